The van der Waals surface area contributed by atoms with Crippen LogP contribution in [0, 0.1) is 0 Å². The molecule has 1 heterocycles. The zero-order valence-corrected chi connectivity index (χ0v) is 10.0. The molecule has 0 aliphatic heterocycles. The number of methoxy groups -OCH3 is 1. The molecule has 6 heteroatoms. The number of carbonyl (C=O) groups is 1. The van der Waals surface area contributed by atoms with Gasteiger partial charge in [0.1, 0.15) is 5.82 Å². The van der Waals surface area contributed by atoms with Crippen molar-refractivity contribution in [2.24, 2.45) is 0 Å². The number of ether oxygens (including phenoxy) is 2. The first-order chi connectivity index (χ1) is 8.17. The summed E-state index contributed by atoms with van der Waals surface area (Å²) in [6, 6.07) is 0.275. The van der Waals surface area contributed by atoms with Gasteiger partial charge in [0.15, 0.2) is 5.69 Å². The molecule has 0 saturated heterocycles. The topological polar surface area (TPSA) is 79.4 Å². The Balaban J connectivity index is 2.04. The summed E-state index contributed by atoms with van der Waals surface area (Å²) >= 11 is 0. The third-order valence-corrected chi connectivity index (χ3v) is 3.08. The molecule has 1 saturated carbocycles. The second kappa shape index (κ2) is 4.75. The van der Waals surface area contributed by atoms with E-state index in [0.29, 0.717) is 11.9 Å². The van der Waals surface area contributed by atoms with Crippen molar-refractivity contribution in [3.63, 3.8) is 0 Å². The van der Waals surface area contributed by atoms with E-state index >= 15 is 0 Å². The van der Waals surface area contributed by atoms with E-state index in [4.69, 9.17) is 10.5 Å². The van der Waals surface area contributed by atoms with Crippen LogP contribution in [-0.2, 0) is 9.47 Å². The number of nitrogen functional groups attached to an aromatic ring is 1. The van der Waals surface area contributed by atoms with Crippen LogP contribution in [0.2, 0.25) is 0 Å². The van der Waals surface area contributed by atoms with Crippen LogP contribution < -0.4 is 5.73 Å². The summed E-state index contributed by atoms with van der Waals surface area (Å²) in [5.41, 5.74) is 6.06. The minimum atomic E-state index is -0.498. The van der Waals surface area contributed by atoms with Gasteiger partial charge in [-0.3, -0.25) is 0 Å². The highest BCUT2D eigenvalue weighted by molar-refractivity contribution is 5.92. The lowest BCUT2D eigenvalue weighted by atomic mass is 9.89. The van der Waals surface area contributed by atoms with Gasteiger partial charge in [0, 0.05) is 12.6 Å². The molecule has 6 nitrogen and oxygen atoms in total. The van der Waals surface area contributed by atoms with Crippen molar-refractivity contribution >= 4 is 11.8 Å². The Bertz CT molecular complexity index is 410. The van der Waals surface area contributed by atoms with Crippen LogP contribution in [0.25, 0.3) is 0 Å². The summed E-state index contributed by atoms with van der Waals surface area (Å²) in [6.07, 6.45) is 3.71. The van der Waals surface area contributed by atoms with Crippen LogP contribution in [0.1, 0.15) is 36.3 Å². The fraction of sp³-hybridized carbons (Fsp3) is 0.636. The minimum absolute atomic E-state index is 0.187. The van der Waals surface area contributed by atoms with Crippen LogP contribution in [0.15, 0.2) is 6.33 Å². The van der Waals surface area contributed by atoms with Gasteiger partial charge in [-0.05, 0) is 19.8 Å². The predicted molar refractivity (Wildman–Crippen MR) is 61.7 cm³/mol. The van der Waals surface area contributed by atoms with E-state index in [1.54, 1.807) is 6.33 Å². The molecule has 1 aromatic rings. The lowest BCUT2D eigenvalue weighted by Crippen LogP contribution is -2.33. The van der Waals surface area contributed by atoms with E-state index in [2.05, 4.69) is 9.72 Å². The van der Waals surface area contributed by atoms with Gasteiger partial charge in [0.25, 0.3) is 0 Å². The number of carbonyl (C=O) groups excluding carboxylic acids is 1. The number of rotatable bonds is 4. The highest BCUT2D eigenvalue weighted by Crippen LogP contribution is 2.36. The largest absolute Gasteiger partial charge is 0.464 e. The highest BCUT2D eigenvalue weighted by atomic mass is 16.5. The molecule has 0 amide bonds. The molecule has 2 rings (SSSR count). The fourth-order valence-electron chi connectivity index (χ4n) is 2.05. The zero-order valence-electron chi connectivity index (χ0n) is 10.0. The van der Waals surface area contributed by atoms with E-state index in [1.807, 2.05) is 11.5 Å². The number of nitrogens with zero attached hydrogens (tertiary/aromatic N) is 2. The van der Waals surface area contributed by atoms with Crippen molar-refractivity contribution in [1.29, 1.82) is 0 Å². The van der Waals surface area contributed by atoms with Crippen molar-refractivity contribution in [2.45, 2.75) is 31.9 Å². The summed E-state index contributed by atoms with van der Waals surface area (Å²) in [5, 5.41) is 0. The first-order valence-corrected chi connectivity index (χ1v) is 5.69. The normalized spacial score (nSPS) is 23.2. The monoisotopic (exact) mass is 239 g/mol. The van der Waals surface area contributed by atoms with E-state index in [9.17, 15) is 4.79 Å². The van der Waals surface area contributed by atoms with Crippen molar-refractivity contribution < 1.29 is 14.3 Å². The first kappa shape index (κ1) is 11.9. The molecule has 2 N–H and O–H groups in total. The number of nitrogens with two attached hydrogens (primary N) is 1. The second-order valence-corrected chi connectivity index (χ2v) is 4.08. The number of esters is 1. The van der Waals surface area contributed by atoms with Crippen LogP contribution in [-0.4, -0.2) is 35.3 Å². The van der Waals surface area contributed by atoms with Crippen molar-refractivity contribution in [3.8, 4) is 0 Å². The number of anilines is 1. The smallest absolute Gasteiger partial charge is 0.360 e. The molecule has 17 heavy (non-hydrogen) atoms. The van der Waals surface area contributed by atoms with Crippen molar-refractivity contribution in [1.82, 2.24) is 9.55 Å². The Kier molecular flexibility index (Phi) is 3.33. The quantitative estimate of drug-likeness (QED) is 0.793. The van der Waals surface area contributed by atoms with Gasteiger partial charge < -0.3 is 19.8 Å². The van der Waals surface area contributed by atoms with Crippen LogP contribution in [0.4, 0.5) is 5.82 Å². The highest BCUT2D eigenvalue weighted by Gasteiger charge is 2.33. The molecule has 0 bridgehead atoms. The van der Waals surface area contributed by atoms with Gasteiger partial charge in [-0.25, -0.2) is 9.78 Å². The minimum Gasteiger partial charge on any atom is -0.464 e. The molecular weight excluding hydrogens is 222 g/mol. The van der Waals surface area contributed by atoms with Gasteiger partial charge in [-0.15, -0.1) is 0 Å². The maximum atomic E-state index is 11.3. The standard InChI is InChI=1S/C11H17N3O3/c1-3-17-8-4-7(5-8)14-6-13-9(10(14)12)11(15)16-2/h6-8H,3-5,12H2,1-2H3. The summed E-state index contributed by atoms with van der Waals surface area (Å²) < 4.78 is 11.9. The molecule has 1 aliphatic carbocycles. The second-order valence-electron chi connectivity index (χ2n) is 4.08. The van der Waals surface area contributed by atoms with Crippen LogP contribution in [0.5, 0.6) is 0 Å². The molecule has 0 aromatic carbocycles. The Morgan fingerprint density at radius 3 is 2.94 bits per heavy atom. The molecule has 0 unspecified atom stereocenters. The Morgan fingerprint density at radius 1 is 1.65 bits per heavy atom. The maximum Gasteiger partial charge on any atom is 0.360 e. The Morgan fingerprint density at radius 2 is 2.35 bits per heavy atom. The van der Waals surface area contributed by atoms with Crippen LogP contribution >= 0.6 is 0 Å². The maximum absolute atomic E-state index is 11.3. The van der Waals surface area contributed by atoms with Crippen molar-refractivity contribution in [3.05, 3.63) is 12.0 Å². The molecule has 1 aromatic heterocycles. The van der Waals surface area contributed by atoms with Gasteiger partial charge in [-0.2, -0.15) is 0 Å². The molecule has 0 radical (unpaired) electrons. The lowest BCUT2D eigenvalue weighted by Gasteiger charge is -2.36. The Hall–Kier alpha value is -1.56. The fourth-order valence-corrected chi connectivity index (χ4v) is 2.05. The first-order valence-electron chi connectivity index (χ1n) is 5.69. The SMILES string of the molecule is CCOC1CC(n2cnc(C(=O)OC)c2N)C1. The lowest BCUT2D eigenvalue weighted by molar-refractivity contribution is -0.0192. The molecule has 0 spiro atoms. The third-order valence-electron chi connectivity index (χ3n) is 3.08. The van der Waals surface area contributed by atoms with Gasteiger partial charge >= 0.3 is 5.97 Å². The van der Waals surface area contributed by atoms with E-state index in [0.717, 1.165) is 19.4 Å². The Labute approximate surface area is 99.7 Å². The summed E-state index contributed by atoms with van der Waals surface area (Å²) in [5.74, 6) is -0.126. The molecule has 94 valence electrons. The number of imidazole rings is 1. The zero-order chi connectivity index (χ0) is 12.4. The third kappa shape index (κ3) is 2.12. The predicted octanol–water partition coefficient (Wildman–Crippen LogP) is 0.992. The number of hydrogen-bond donors (Lipinski definition) is 1. The van der Waals surface area contributed by atoms with Crippen molar-refractivity contribution in [2.75, 3.05) is 19.5 Å². The number of aromatic nitrogens is 2. The average molecular weight is 239 g/mol. The molecular formula is C11H17N3O3. The summed E-state index contributed by atoms with van der Waals surface area (Å²) in [7, 11) is 1.31. The average Bonchev–Trinajstić information content (AvgIpc) is 2.64. The van der Waals surface area contributed by atoms with E-state index < -0.39 is 5.97 Å². The van der Waals surface area contributed by atoms with Crippen LogP contribution in [0.3, 0.4) is 0 Å². The molecule has 0 atom stereocenters. The molecule has 1 aliphatic rings. The summed E-state index contributed by atoms with van der Waals surface area (Å²) in [6.45, 7) is 2.71. The summed E-state index contributed by atoms with van der Waals surface area (Å²) in [4.78, 5) is 15.3. The van der Waals surface area contributed by atoms with Gasteiger partial charge in [-0.1, -0.05) is 0 Å². The number of hydrogen-bond acceptors (Lipinski definition) is 5. The molecule has 1 fully saturated rings. The van der Waals surface area contributed by atoms with E-state index in [-0.39, 0.29) is 11.7 Å². The van der Waals surface area contributed by atoms with Gasteiger partial charge in [0.05, 0.1) is 19.5 Å². The van der Waals surface area contributed by atoms with E-state index in [1.165, 1.54) is 7.11 Å². The van der Waals surface area contributed by atoms with Gasteiger partial charge in [0.2, 0.25) is 0 Å².